The zero-order valence-corrected chi connectivity index (χ0v) is 26.4. The Morgan fingerprint density at radius 2 is 1.64 bits per heavy atom. The highest BCUT2D eigenvalue weighted by Gasteiger charge is 2.72. The summed E-state index contributed by atoms with van der Waals surface area (Å²) in [5, 5.41) is 0.795. The van der Waals surface area contributed by atoms with Crippen molar-refractivity contribution in [3.05, 3.63) is 66.2 Å². The van der Waals surface area contributed by atoms with E-state index in [0.29, 0.717) is 24.1 Å². The van der Waals surface area contributed by atoms with E-state index >= 15 is 0 Å². The first-order chi connectivity index (χ1) is 21.2. The smallest absolute Gasteiger partial charge is 0.378 e. The van der Waals surface area contributed by atoms with Gasteiger partial charge in [0.15, 0.2) is 13.2 Å². The summed E-state index contributed by atoms with van der Waals surface area (Å²) < 4.78 is 97.0. The first-order valence-corrected chi connectivity index (χ1v) is 15.5. The Kier molecular flexibility index (Phi) is 12.2. The van der Waals surface area contributed by atoms with Crippen molar-refractivity contribution in [1.29, 1.82) is 0 Å². The molecule has 0 aliphatic heterocycles. The first-order valence-electron chi connectivity index (χ1n) is 15.5. The molecule has 0 spiro atoms. The third kappa shape index (κ3) is 8.64. The van der Waals surface area contributed by atoms with Gasteiger partial charge in [0, 0.05) is 35.3 Å². The summed E-state index contributed by atoms with van der Waals surface area (Å²) in [6.07, 6.45) is 7.46. The number of halogens is 6. The van der Waals surface area contributed by atoms with Crippen LogP contribution >= 0.6 is 0 Å². The molecule has 0 unspecified atom stereocenters. The molecule has 0 bridgehead atoms. The molecule has 248 valence electrons. The minimum atomic E-state index is -5.87. The molecule has 0 saturated carbocycles. The number of carbonyl (C=O) groups is 1. The van der Waals surface area contributed by atoms with Gasteiger partial charge in [0.1, 0.15) is 5.75 Å². The van der Waals surface area contributed by atoms with Crippen LogP contribution in [0.25, 0.3) is 22.2 Å². The van der Waals surface area contributed by atoms with Crippen molar-refractivity contribution in [1.82, 2.24) is 4.57 Å². The summed E-state index contributed by atoms with van der Waals surface area (Å²) in [5.74, 6) is -17.7. The van der Waals surface area contributed by atoms with E-state index in [1.807, 2.05) is 6.07 Å². The van der Waals surface area contributed by atoms with Gasteiger partial charge in [0.25, 0.3) is 0 Å². The highest BCUT2D eigenvalue weighted by Crippen LogP contribution is 2.46. The Morgan fingerprint density at radius 1 is 0.933 bits per heavy atom. The number of esters is 1. The lowest BCUT2D eigenvalue weighted by Crippen LogP contribution is -2.58. The van der Waals surface area contributed by atoms with Gasteiger partial charge in [-0.1, -0.05) is 65.3 Å². The van der Waals surface area contributed by atoms with E-state index in [-0.39, 0.29) is 5.75 Å². The molecule has 45 heavy (non-hydrogen) atoms. The van der Waals surface area contributed by atoms with E-state index in [0.717, 1.165) is 61.6 Å². The van der Waals surface area contributed by atoms with Crippen LogP contribution in [0.4, 0.5) is 26.3 Å². The third-order valence-corrected chi connectivity index (χ3v) is 7.84. The van der Waals surface area contributed by atoms with Gasteiger partial charge < -0.3 is 14.0 Å². The third-order valence-electron chi connectivity index (χ3n) is 7.84. The van der Waals surface area contributed by atoms with Crippen LogP contribution in [0, 0.1) is 5.92 Å². The summed E-state index contributed by atoms with van der Waals surface area (Å²) in [6, 6.07) is 12.9. The molecule has 0 saturated heterocycles. The number of aromatic nitrogens is 1. The van der Waals surface area contributed by atoms with E-state index in [1.54, 1.807) is 6.07 Å². The molecule has 3 rings (SSSR count). The summed E-state index contributed by atoms with van der Waals surface area (Å²) in [7, 11) is 0. The molecule has 0 aliphatic carbocycles. The van der Waals surface area contributed by atoms with E-state index in [1.165, 1.54) is 23.3 Å². The van der Waals surface area contributed by atoms with Crippen LogP contribution in [0.15, 0.2) is 55.1 Å². The number of aryl methyl sites for hydroxylation is 3. The number of ether oxygens (including phenoxy) is 2. The Balaban J connectivity index is 1.94. The zero-order valence-electron chi connectivity index (χ0n) is 26.4. The number of fused-ring (bicyclic) bond motifs is 1. The fraction of sp³-hybridized carbons (Fsp3) is 0.514. The SMILES string of the molecule is C=CC(=O)OCC(F)(F)C(F)(F)C(F)(F)COc1ccc2cc(-c3ccc(CCCCC)cc3CC)n(CCCC(C)C)c2c1. The van der Waals surface area contributed by atoms with Gasteiger partial charge in [-0.15, -0.1) is 0 Å². The number of benzene rings is 2. The zero-order chi connectivity index (χ0) is 33.4. The molecular formula is C35H43F6NO3. The van der Waals surface area contributed by atoms with E-state index < -0.39 is 37.0 Å². The number of rotatable bonds is 18. The predicted molar refractivity (Wildman–Crippen MR) is 166 cm³/mol. The van der Waals surface area contributed by atoms with Crippen molar-refractivity contribution in [3.63, 3.8) is 0 Å². The van der Waals surface area contributed by atoms with Crippen LogP contribution in [0.3, 0.4) is 0 Å². The average Bonchev–Trinajstić information content (AvgIpc) is 3.35. The normalized spacial score (nSPS) is 12.6. The molecule has 0 N–H and O–H groups in total. The summed E-state index contributed by atoms with van der Waals surface area (Å²) in [4.78, 5) is 11.0. The Morgan fingerprint density at radius 3 is 2.29 bits per heavy atom. The van der Waals surface area contributed by atoms with Gasteiger partial charge in [-0.05, 0) is 67.3 Å². The maximum Gasteiger partial charge on any atom is 0.378 e. The van der Waals surface area contributed by atoms with E-state index in [9.17, 15) is 31.1 Å². The second kappa shape index (κ2) is 15.2. The van der Waals surface area contributed by atoms with Gasteiger partial charge in [-0.3, -0.25) is 0 Å². The van der Waals surface area contributed by atoms with Crippen molar-refractivity contribution >= 4 is 16.9 Å². The molecule has 0 radical (unpaired) electrons. The molecular weight excluding hydrogens is 596 g/mol. The van der Waals surface area contributed by atoms with Crippen LogP contribution in [-0.2, 0) is 28.9 Å². The molecule has 10 heteroatoms. The summed E-state index contributed by atoms with van der Waals surface area (Å²) in [5.41, 5.74) is 5.08. The Labute approximate surface area is 261 Å². The minimum absolute atomic E-state index is 0.170. The lowest BCUT2D eigenvalue weighted by atomic mass is 9.97. The van der Waals surface area contributed by atoms with Crippen molar-refractivity contribution in [2.24, 2.45) is 5.92 Å². The maximum absolute atomic E-state index is 14.5. The Hall–Kier alpha value is -3.43. The molecule has 4 nitrogen and oxygen atoms in total. The molecule has 0 amide bonds. The number of hydrogen-bond acceptors (Lipinski definition) is 3. The van der Waals surface area contributed by atoms with Crippen LogP contribution in [0.2, 0.25) is 0 Å². The van der Waals surface area contributed by atoms with Crippen LogP contribution in [0.5, 0.6) is 5.75 Å². The first kappa shape index (κ1) is 36.0. The summed E-state index contributed by atoms with van der Waals surface area (Å²) in [6.45, 7) is 7.82. The molecule has 0 aliphatic rings. The quantitative estimate of drug-likeness (QED) is 0.0602. The molecule has 0 fully saturated rings. The average molecular weight is 640 g/mol. The second-order valence-corrected chi connectivity index (χ2v) is 11.8. The second-order valence-electron chi connectivity index (χ2n) is 11.8. The van der Waals surface area contributed by atoms with Crippen LogP contribution in [0.1, 0.15) is 70.9 Å². The van der Waals surface area contributed by atoms with Crippen LogP contribution < -0.4 is 4.74 Å². The van der Waals surface area contributed by atoms with Crippen molar-refractivity contribution in [2.75, 3.05) is 13.2 Å². The Bertz CT molecular complexity index is 1450. The largest absolute Gasteiger partial charge is 0.487 e. The highest BCUT2D eigenvalue weighted by molar-refractivity contribution is 5.88. The molecule has 1 heterocycles. The lowest BCUT2D eigenvalue weighted by Gasteiger charge is -2.32. The van der Waals surface area contributed by atoms with Crippen molar-refractivity contribution in [2.45, 2.75) is 97.0 Å². The number of hydrogen-bond donors (Lipinski definition) is 0. The van der Waals surface area contributed by atoms with Crippen LogP contribution in [-0.4, -0.2) is 41.5 Å². The number of carbonyl (C=O) groups excluding carboxylic acids is 1. The fourth-order valence-corrected chi connectivity index (χ4v) is 5.21. The predicted octanol–water partition coefficient (Wildman–Crippen LogP) is 10.1. The molecule has 3 aromatic rings. The number of alkyl halides is 6. The maximum atomic E-state index is 14.5. The molecule has 2 aromatic carbocycles. The monoisotopic (exact) mass is 639 g/mol. The number of nitrogens with zero attached hydrogens (tertiary/aromatic N) is 1. The van der Waals surface area contributed by atoms with Gasteiger partial charge in [0.05, 0.1) is 5.52 Å². The highest BCUT2D eigenvalue weighted by atomic mass is 19.3. The van der Waals surface area contributed by atoms with Gasteiger partial charge >= 0.3 is 23.7 Å². The van der Waals surface area contributed by atoms with E-state index in [4.69, 9.17) is 4.74 Å². The fourth-order valence-electron chi connectivity index (χ4n) is 5.21. The standard InChI is InChI=1S/C35H43F6NO3/c1-6-9-10-13-25-14-17-29(26(7-2)19-25)31-20-27-15-16-28(21-30(27)42(31)18-11-12-24(4)5)44-22-33(36,37)35(40,41)34(38,39)23-45-32(43)8-3/h8,14-17,19-21,24H,3,6-7,9-13,18,22-23H2,1-2,4-5H3. The van der Waals surface area contributed by atoms with Gasteiger partial charge in [0.2, 0.25) is 0 Å². The minimum Gasteiger partial charge on any atom is -0.487 e. The van der Waals surface area contributed by atoms with Crippen molar-refractivity contribution in [3.8, 4) is 17.0 Å². The number of unbranched alkanes of at least 4 members (excludes halogenated alkanes) is 2. The topological polar surface area (TPSA) is 40.5 Å². The van der Waals surface area contributed by atoms with Crippen molar-refractivity contribution < 1.29 is 40.6 Å². The molecule has 0 atom stereocenters. The van der Waals surface area contributed by atoms with Gasteiger partial charge in [-0.25, -0.2) is 4.79 Å². The van der Waals surface area contributed by atoms with E-state index in [2.05, 4.69) is 61.8 Å². The summed E-state index contributed by atoms with van der Waals surface area (Å²) >= 11 is 0. The molecule has 1 aromatic heterocycles. The lowest BCUT2D eigenvalue weighted by molar-refractivity contribution is -0.322. The van der Waals surface area contributed by atoms with Gasteiger partial charge in [-0.2, -0.15) is 26.3 Å².